The zero-order chi connectivity index (χ0) is 22.2. The van der Waals surface area contributed by atoms with Crippen LogP contribution in [0, 0.1) is 6.92 Å². The third-order valence-corrected chi connectivity index (χ3v) is 5.29. The predicted octanol–water partition coefficient (Wildman–Crippen LogP) is 5.21. The minimum Gasteiger partial charge on any atom is -0.464 e. The van der Waals surface area contributed by atoms with E-state index in [4.69, 9.17) is 4.42 Å². The molecule has 1 heterocycles. The van der Waals surface area contributed by atoms with Gasteiger partial charge in [0.15, 0.2) is 0 Å². The third-order valence-electron chi connectivity index (χ3n) is 4.77. The first-order valence-corrected chi connectivity index (χ1v) is 10.8. The standard InChI is InChI=1S/C25H25BrN2O3/c1-3-15-27(25(30)21-10-12-22(26)13-11-21)18-24(29)28(16-20-7-5-4-6-8-20)17-23-14-9-19(2)31-23/h3-14H,1,15-18H2,2H3. The smallest absolute Gasteiger partial charge is 0.254 e. The van der Waals surface area contributed by atoms with Gasteiger partial charge in [-0.2, -0.15) is 0 Å². The first-order valence-electron chi connectivity index (χ1n) is 9.99. The van der Waals surface area contributed by atoms with Gasteiger partial charge in [0.1, 0.15) is 18.1 Å². The van der Waals surface area contributed by atoms with Gasteiger partial charge < -0.3 is 14.2 Å². The van der Waals surface area contributed by atoms with E-state index in [1.54, 1.807) is 23.1 Å². The second-order valence-corrected chi connectivity index (χ2v) is 8.14. The number of furan rings is 1. The molecular formula is C25H25BrN2O3. The van der Waals surface area contributed by atoms with Gasteiger partial charge in [-0.15, -0.1) is 6.58 Å². The zero-order valence-electron chi connectivity index (χ0n) is 17.5. The van der Waals surface area contributed by atoms with Gasteiger partial charge in [0, 0.05) is 23.1 Å². The van der Waals surface area contributed by atoms with Gasteiger partial charge in [0.2, 0.25) is 5.91 Å². The normalized spacial score (nSPS) is 10.5. The van der Waals surface area contributed by atoms with Gasteiger partial charge in [-0.1, -0.05) is 52.3 Å². The lowest BCUT2D eigenvalue weighted by Crippen LogP contribution is -2.42. The fourth-order valence-corrected chi connectivity index (χ4v) is 3.47. The highest BCUT2D eigenvalue weighted by molar-refractivity contribution is 9.10. The minimum atomic E-state index is -0.214. The molecule has 160 valence electrons. The van der Waals surface area contributed by atoms with Gasteiger partial charge in [-0.3, -0.25) is 9.59 Å². The second kappa shape index (κ2) is 10.8. The first-order chi connectivity index (χ1) is 15.0. The molecule has 6 heteroatoms. The molecule has 3 rings (SSSR count). The Morgan fingerprint density at radius 2 is 1.68 bits per heavy atom. The number of amides is 2. The summed E-state index contributed by atoms with van der Waals surface area (Å²) < 4.78 is 6.57. The number of hydrogen-bond donors (Lipinski definition) is 0. The van der Waals surface area contributed by atoms with Crippen LogP contribution < -0.4 is 0 Å². The van der Waals surface area contributed by atoms with Crippen molar-refractivity contribution in [2.45, 2.75) is 20.0 Å². The summed E-state index contributed by atoms with van der Waals surface area (Å²) in [4.78, 5) is 29.5. The summed E-state index contributed by atoms with van der Waals surface area (Å²) in [6.45, 7) is 6.59. The van der Waals surface area contributed by atoms with Crippen molar-refractivity contribution in [1.82, 2.24) is 9.80 Å². The minimum absolute atomic E-state index is 0.0482. The average molecular weight is 481 g/mol. The van der Waals surface area contributed by atoms with Crippen molar-refractivity contribution in [2.75, 3.05) is 13.1 Å². The number of aryl methyl sites for hydroxylation is 1. The molecule has 5 nitrogen and oxygen atoms in total. The number of carbonyl (C=O) groups is 2. The average Bonchev–Trinajstić information content (AvgIpc) is 3.18. The molecule has 31 heavy (non-hydrogen) atoms. The Bertz CT molecular complexity index is 1030. The van der Waals surface area contributed by atoms with Crippen molar-refractivity contribution in [3.05, 3.63) is 107 Å². The monoisotopic (exact) mass is 480 g/mol. The van der Waals surface area contributed by atoms with Crippen molar-refractivity contribution < 1.29 is 14.0 Å². The van der Waals surface area contributed by atoms with Crippen molar-refractivity contribution in [2.24, 2.45) is 0 Å². The molecule has 1 aromatic heterocycles. The fraction of sp³-hybridized carbons (Fsp3) is 0.200. The highest BCUT2D eigenvalue weighted by Gasteiger charge is 2.23. The summed E-state index contributed by atoms with van der Waals surface area (Å²) >= 11 is 3.38. The van der Waals surface area contributed by atoms with Gasteiger partial charge in [-0.25, -0.2) is 0 Å². The topological polar surface area (TPSA) is 53.8 Å². The highest BCUT2D eigenvalue weighted by Crippen LogP contribution is 2.16. The predicted molar refractivity (Wildman–Crippen MR) is 124 cm³/mol. The molecule has 0 N–H and O–H groups in total. The van der Waals surface area contributed by atoms with Crippen molar-refractivity contribution in [1.29, 1.82) is 0 Å². The molecule has 0 aliphatic carbocycles. The summed E-state index contributed by atoms with van der Waals surface area (Å²) in [7, 11) is 0. The van der Waals surface area contributed by atoms with Crippen LogP contribution in [0.5, 0.6) is 0 Å². The Morgan fingerprint density at radius 1 is 0.968 bits per heavy atom. The molecule has 0 bridgehead atoms. The van der Waals surface area contributed by atoms with E-state index in [0.717, 1.165) is 15.8 Å². The lowest BCUT2D eigenvalue weighted by molar-refractivity contribution is -0.133. The maximum atomic E-state index is 13.3. The van der Waals surface area contributed by atoms with Crippen molar-refractivity contribution >= 4 is 27.7 Å². The molecule has 3 aromatic rings. The van der Waals surface area contributed by atoms with E-state index < -0.39 is 0 Å². The van der Waals surface area contributed by atoms with Crippen LogP contribution in [0.15, 0.2) is 88.3 Å². The molecule has 2 aromatic carbocycles. The summed E-state index contributed by atoms with van der Waals surface area (Å²) in [6.07, 6.45) is 1.63. The first kappa shape index (κ1) is 22.6. The Morgan fingerprint density at radius 3 is 2.29 bits per heavy atom. The van der Waals surface area contributed by atoms with Crippen LogP contribution in [-0.2, 0) is 17.9 Å². The van der Waals surface area contributed by atoms with Crippen molar-refractivity contribution in [3.8, 4) is 0 Å². The molecule has 0 atom stereocenters. The molecule has 0 fully saturated rings. The van der Waals surface area contributed by atoms with Gasteiger partial charge in [0.25, 0.3) is 5.91 Å². The van der Waals surface area contributed by atoms with E-state index in [2.05, 4.69) is 22.5 Å². The van der Waals surface area contributed by atoms with E-state index in [0.29, 0.717) is 24.4 Å². The van der Waals surface area contributed by atoms with Crippen molar-refractivity contribution in [3.63, 3.8) is 0 Å². The maximum Gasteiger partial charge on any atom is 0.254 e. The third kappa shape index (κ3) is 6.43. The van der Waals surface area contributed by atoms with Crippen LogP contribution in [0.25, 0.3) is 0 Å². The summed E-state index contributed by atoms with van der Waals surface area (Å²) in [5, 5.41) is 0. The summed E-state index contributed by atoms with van der Waals surface area (Å²) in [5.74, 6) is 1.12. The summed E-state index contributed by atoms with van der Waals surface area (Å²) in [6, 6.07) is 20.6. The van der Waals surface area contributed by atoms with Gasteiger partial charge in [0.05, 0.1) is 6.54 Å². The number of rotatable bonds is 9. The molecule has 0 unspecified atom stereocenters. The number of nitrogens with zero attached hydrogens (tertiary/aromatic N) is 2. The van der Waals surface area contributed by atoms with Crippen LogP contribution >= 0.6 is 15.9 Å². The lowest BCUT2D eigenvalue weighted by Gasteiger charge is -2.27. The Balaban J connectivity index is 1.79. The Hall–Kier alpha value is -3.12. The summed E-state index contributed by atoms with van der Waals surface area (Å²) in [5.41, 5.74) is 1.53. The lowest BCUT2D eigenvalue weighted by atomic mass is 10.2. The SMILES string of the molecule is C=CCN(CC(=O)N(Cc1ccccc1)Cc1ccc(C)o1)C(=O)c1ccc(Br)cc1. The van der Waals surface area contributed by atoms with Crippen LogP contribution in [-0.4, -0.2) is 34.7 Å². The Labute approximate surface area is 191 Å². The van der Waals surface area contributed by atoms with E-state index >= 15 is 0 Å². The van der Waals surface area contributed by atoms with Crippen LogP contribution in [0.3, 0.4) is 0 Å². The Kier molecular flexibility index (Phi) is 7.84. The molecule has 0 aliphatic rings. The highest BCUT2D eigenvalue weighted by atomic mass is 79.9. The number of hydrogen-bond acceptors (Lipinski definition) is 3. The molecule has 0 radical (unpaired) electrons. The van der Waals surface area contributed by atoms with Gasteiger partial charge >= 0.3 is 0 Å². The van der Waals surface area contributed by atoms with Crippen LogP contribution in [0.1, 0.15) is 27.4 Å². The second-order valence-electron chi connectivity index (χ2n) is 7.23. The largest absolute Gasteiger partial charge is 0.464 e. The van der Waals surface area contributed by atoms with E-state index in [9.17, 15) is 9.59 Å². The molecule has 0 saturated carbocycles. The molecule has 2 amide bonds. The quantitative estimate of drug-likeness (QED) is 0.395. The molecule has 0 aliphatic heterocycles. The van der Waals surface area contributed by atoms with E-state index in [1.165, 1.54) is 4.90 Å². The van der Waals surface area contributed by atoms with E-state index in [1.807, 2.05) is 61.5 Å². The van der Waals surface area contributed by atoms with Crippen LogP contribution in [0.2, 0.25) is 0 Å². The molecular weight excluding hydrogens is 456 g/mol. The van der Waals surface area contributed by atoms with E-state index in [-0.39, 0.29) is 24.9 Å². The molecule has 0 saturated heterocycles. The zero-order valence-corrected chi connectivity index (χ0v) is 19.0. The molecule has 0 spiro atoms. The number of carbonyl (C=O) groups excluding carboxylic acids is 2. The van der Waals surface area contributed by atoms with Gasteiger partial charge in [-0.05, 0) is 48.9 Å². The fourth-order valence-electron chi connectivity index (χ4n) is 3.21. The number of halogens is 1. The number of benzene rings is 2. The maximum absolute atomic E-state index is 13.3. The van der Waals surface area contributed by atoms with Crippen LogP contribution in [0.4, 0.5) is 0 Å².